The number of rotatable bonds is 6. The number of nitrogens with one attached hydrogen (secondary N) is 2. The van der Waals surface area contributed by atoms with Crippen LogP contribution in [-0.2, 0) is 17.6 Å². The molecule has 1 saturated heterocycles. The van der Waals surface area contributed by atoms with Crippen LogP contribution in [-0.4, -0.2) is 60.0 Å². The van der Waals surface area contributed by atoms with Crippen molar-refractivity contribution in [2.75, 3.05) is 13.1 Å². The third kappa shape index (κ3) is 5.68. The van der Waals surface area contributed by atoms with Crippen LogP contribution in [0.5, 0.6) is 0 Å². The smallest absolute Gasteiger partial charge is 0.392 e. The van der Waals surface area contributed by atoms with Crippen LogP contribution in [0.2, 0.25) is 0 Å². The Morgan fingerprint density at radius 3 is 2.44 bits per heavy atom. The number of carbonyl (C=O) groups is 1. The average molecular weight is 546 g/mol. The molecule has 0 aliphatic carbocycles. The number of aromatic nitrogens is 4. The largest absolute Gasteiger partial charge is 0.414 e. The first-order valence-corrected chi connectivity index (χ1v) is 12.3. The molecule has 206 valence electrons. The molecule has 0 bridgehead atoms. The van der Waals surface area contributed by atoms with Gasteiger partial charge in [-0.3, -0.25) is 9.89 Å². The van der Waals surface area contributed by atoms with Crippen molar-refractivity contribution in [1.82, 2.24) is 24.6 Å². The van der Waals surface area contributed by atoms with Crippen molar-refractivity contribution in [3.63, 3.8) is 0 Å². The number of aromatic amines is 2. The fourth-order valence-electron chi connectivity index (χ4n) is 4.82. The van der Waals surface area contributed by atoms with Crippen molar-refractivity contribution in [2.24, 2.45) is 0 Å². The quantitative estimate of drug-likeness (QED) is 0.275. The maximum absolute atomic E-state index is 13.7. The van der Waals surface area contributed by atoms with Gasteiger partial charge in [0.25, 0.3) is 5.56 Å². The molecule has 39 heavy (non-hydrogen) atoms. The van der Waals surface area contributed by atoms with Gasteiger partial charge in [0.1, 0.15) is 5.82 Å². The van der Waals surface area contributed by atoms with E-state index in [1.807, 2.05) is 0 Å². The Morgan fingerprint density at radius 2 is 1.77 bits per heavy atom. The molecule has 5 rings (SSSR count). The number of hydrogen-bond donors (Lipinski definition) is 4. The fourth-order valence-corrected chi connectivity index (χ4v) is 4.82. The Bertz CT molecular complexity index is 1520. The van der Waals surface area contributed by atoms with Crippen molar-refractivity contribution in [2.45, 2.75) is 44.5 Å². The molecule has 0 spiro atoms. The summed E-state index contributed by atoms with van der Waals surface area (Å²) in [6, 6.07) is 7.87. The fraction of sp³-hybridized carbons (Fsp3) is 0.346. The molecule has 10 nitrogen and oxygen atoms in total. The maximum Gasteiger partial charge on any atom is 0.414 e. The molecule has 1 aliphatic heterocycles. The van der Waals surface area contributed by atoms with Gasteiger partial charge in [-0.05, 0) is 43.4 Å². The molecule has 1 amide bonds. The molecule has 13 heteroatoms. The van der Waals surface area contributed by atoms with Gasteiger partial charge in [0.2, 0.25) is 5.95 Å². The highest BCUT2D eigenvalue weighted by atomic mass is 19.2. The summed E-state index contributed by atoms with van der Waals surface area (Å²) in [7, 11) is 0. The van der Waals surface area contributed by atoms with E-state index in [0.717, 1.165) is 24.6 Å². The summed E-state index contributed by atoms with van der Waals surface area (Å²) in [5, 5.41) is 21.8. The summed E-state index contributed by atoms with van der Waals surface area (Å²) in [4.78, 5) is 34.2. The Morgan fingerprint density at radius 1 is 1.10 bits per heavy atom. The highest BCUT2D eigenvalue weighted by Crippen LogP contribution is 2.30. The van der Waals surface area contributed by atoms with E-state index < -0.39 is 29.3 Å². The van der Waals surface area contributed by atoms with Gasteiger partial charge in [0.05, 0.1) is 11.0 Å². The number of benzene rings is 2. The van der Waals surface area contributed by atoms with Gasteiger partial charge in [0, 0.05) is 49.3 Å². The third-order valence-corrected chi connectivity index (χ3v) is 6.76. The number of imidazole rings is 1. The van der Waals surface area contributed by atoms with Gasteiger partial charge in [-0.15, -0.1) is 0 Å². The second-order valence-corrected chi connectivity index (χ2v) is 9.68. The number of ether oxygens (including phenoxy) is 1. The van der Waals surface area contributed by atoms with Crippen LogP contribution < -0.4 is 5.56 Å². The second-order valence-electron chi connectivity index (χ2n) is 9.68. The topological polar surface area (TPSA) is 136 Å². The molecular weight excluding hydrogens is 519 g/mol. The summed E-state index contributed by atoms with van der Waals surface area (Å²) in [6.07, 6.45) is 0.798. The first-order chi connectivity index (χ1) is 18.5. The van der Waals surface area contributed by atoms with E-state index in [4.69, 9.17) is 0 Å². The molecule has 4 aromatic rings. The lowest BCUT2D eigenvalue weighted by atomic mass is 9.90. The van der Waals surface area contributed by atoms with E-state index in [1.54, 1.807) is 12.1 Å². The zero-order valence-electron chi connectivity index (χ0n) is 20.9. The molecule has 1 fully saturated rings. The van der Waals surface area contributed by atoms with Crippen molar-refractivity contribution in [1.29, 1.82) is 0 Å². The van der Waals surface area contributed by atoms with Crippen LogP contribution in [0.25, 0.3) is 17.0 Å². The highest BCUT2D eigenvalue weighted by Gasteiger charge is 2.32. The van der Waals surface area contributed by atoms with Gasteiger partial charge in [0.15, 0.2) is 11.6 Å². The Labute approximate surface area is 219 Å². The predicted octanol–water partition coefficient (Wildman–Crippen LogP) is 3.22. The van der Waals surface area contributed by atoms with Gasteiger partial charge in [-0.25, -0.2) is 22.9 Å². The zero-order chi connectivity index (χ0) is 27.9. The van der Waals surface area contributed by atoms with Crippen molar-refractivity contribution < 1.29 is 32.9 Å². The average Bonchev–Trinajstić information content (AvgIpc) is 3.43. The summed E-state index contributed by atoms with van der Waals surface area (Å²) in [6.45, 7) is 1.42. The van der Waals surface area contributed by atoms with Crippen LogP contribution in [0.3, 0.4) is 0 Å². The maximum atomic E-state index is 13.7. The number of aryl methyl sites for hydroxylation is 1. The zero-order valence-corrected chi connectivity index (χ0v) is 20.9. The summed E-state index contributed by atoms with van der Waals surface area (Å²) in [5.74, 6) is -5.18. The van der Waals surface area contributed by atoms with E-state index >= 15 is 0 Å². The predicted molar refractivity (Wildman–Crippen MR) is 133 cm³/mol. The minimum absolute atomic E-state index is 0.0560. The molecule has 4 N–H and O–H groups in total. The highest BCUT2D eigenvalue weighted by molar-refractivity contribution is 5.76. The number of aliphatic hydroxyl groups is 2. The Kier molecular flexibility index (Phi) is 6.95. The van der Waals surface area contributed by atoms with Crippen molar-refractivity contribution >= 4 is 17.1 Å². The van der Waals surface area contributed by atoms with E-state index in [1.165, 1.54) is 21.7 Å². The molecule has 3 heterocycles. The Balaban J connectivity index is 1.45. The number of fused-ring (bicyclic) bond motifs is 1. The first-order valence-electron chi connectivity index (χ1n) is 12.3. The van der Waals surface area contributed by atoms with E-state index in [9.17, 15) is 33.0 Å². The SMILES string of the molecule is CC(O)(O)OC(=O)N1CCC(c2[nH]n(-c3nc4cc(F)c(F)cc4[nH]3)c(=O)c2CCc2ccc(F)cc2)CC1. The molecule has 2 aromatic carbocycles. The lowest BCUT2D eigenvalue weighted by Crippen LogP contribution is -2.43. The normalized spacial score (nSPS) is 14.8. The van der Waals surface area contributed by atoms with E-state index in [0.29, 0.717) is 36.9 Å². The van der Waals surface area contributed by atoms with Gasteiger partial charge in [-0.1, -0.05) is 12.1 Å². The molecule has 1 aliphatic rings. The lowest BCUT2D eigenvalue weighted by Gasteiger charge is -2.32. The van der Waals surface area contributed by atoms with Gasteiger partial charge in [-0.2, -0.15) is 4.68 Å². The number of carbonyl (C=O) groups excluding carboxylic acids is 1. The van der Waals surface area contributed by atoms with Crippen LogP contribution in [0, 0.1) is 17.5 Å². The summed E-state index contributed by atoms with van der Waals surface area (Å²) >= 11 is 0. The lowest BCUT2D eigenvalue weighted by molar-refractivity contribution is -0.296. The van der Waals surface area contributed by atoms with E-state index in [2.05, 4.69) is 19.8 Å². The number of nitrogens with zero attached hydrogens (tertiary/aromatic N) is 3. The molecule has 2 aromatic heterocycles. The monoisotopic (exact) mass is 545 g/mol. The van der Waals surface area contributed by atoms with Crippen LogP contribution in [0.1, 0.15) is 42.5 Å². The van der Waals surface area contributed by atoms with Crippen LogP contribution >= 0.6 is 0 Å². The minimum Gasteiger partial charge on any atom is -0.392 e. The van der Waals surface area contributed by atoms with Crippen LogP contribution in [0.4, 0.5) is 18.0 Å². The summed E-state index contributed by atoms with van der Waals surface area (Å²) in [5.41, 5.74) is 1.89. The molecule has 0 atom stereocenters. The molecule has 0 saturated carbocycles. The van der Waals surface area contributed by atoms with E-state index in [-0.39, 0.29) is 41.8 Å². The number of halogens is 3. The molecular formula is C26H26F3N5O5. The number of likely N-dealkylation sites (tertiary alicyclic amines) is 1. The standard InChI is InChI=1S/C26H26F3N5O5/c1-26(37,38)39-25(36)33-10-8-15(9-11-33)22-17(7-4-14-2-5-16(27)6-3-14)23(35)34(32-22)24-30-20-12-18(28)19(29)13-21(20)31-24/h2-3,5-6,12-13,15,32,37-38H,4,7-11H2,1H3,(H,30,31). The second kappa shape index (κ2) is 10.2. The van der Waals surface area contributed by atoms with Gasteiger partial charge >= 0.3 is 12.1 Å². The van der Waals surface area contributed by atoms with Crippen molar-refractivity contribution in [3.05, 3.63) is 81.0 Å². The number of H-pyrrole nitrogens is 2. The van der Waals surface area contributed by atoms with Crippen molar-refractivity contribution in [3.8, 4) is 5.95 Å². The van der Waals surface area contributed by atoms with Crippen LogP contribution in [0.15, 0.2) is 41.2 Å². The Hall–Kier alpha value is -4.10. The third-order valence-electron chi connectivity index (χ3n) is 6.76. The molecule has 0 unspecified atom stereocenters. The minimum atomic E-state index is -2.59. The van der Waals surface area contributed by atoms with Gasteiger partial charge < -0.3 is 24.8 Å². The molecule has 0 radical (unpaired) electrons. The number of amides is 1. The summed E-state index contributed by atoms with van der Waals surface area (Å²) < 4.78 is 46.6. The first kappa shape index (κ1) is 26.5. The number of piperidine rings is 1. The number of hydrogen-bond acceptors (Lipinski definition) is 6.